The van der Waals surface area contributed by atoms with Gasteiger partial charge < -0.3 is 9.32 Å². The molecule has 12 aromatic rings. The largest absolute Gasteiger partial charge is 0.455 e. The fraction of sp³-hybridized carbons (Fsp3) is 0.0159. The Labute approximate surface area is 377 Å². The molecule has 2 heteroatoms. The van der Waals surface area contributed by atoms with Crippen molar-refractivity contribution in [1.82, 2.24) is 0 Å². The number of para-hydroxylation sites is 2. The molecule has 0 spiro atoms. The van der Waals surface area contributed by atoms with E-state index in [9.17, 15) is 0 Å². The van der Waals surface area contributed by atoms with Gasteiger partial charge in [-0.15, -0.1) is 0 Å². The van der Waals surface area contributed by atoms with Crippen LogP contribution in [0.3, 0.4) is 0 Å². The van der Waals surface area contributed by atoms with Crippen LogP contribution in [0.15, 0.2) is 253 Å². The fourth-order valence-electron chi connectivity index (χ4n) is 10.9. The van der Waals surface area contributed by atoms with Crippen molar-refractivity contribution in [2.24, 2.45) is 0 Å². The molecule has 0 saturated heterocycles. The minimum Gasteiger partial charge on any atom is -0.455 e. The SMILES string of the molecule is c1ccc(C2(c3ccccc3)c3ccccc3-c3ccc(N(c4cccc(-c5cccc6ccccc56)c4)c4ccccc4-c4cccc5c4oc4cc6ccccc6cc45)cc32)cc1. The second kappa shape index (κ2) is 14.8. The molecule has 0 saturated carbocycles. The molecule has 0 N–H and O–H groups in total. The summed E-state index contributed by atoms with van der Waals surface area (Å²) < 4.78 is 6.91. The van der Waals surface area contributed by atoms with Gasteiger partial charge in [-0.25, -0.2) is 0 Å². The normalized spacial score (nSPS) is 12.7. The molecule has 1 aliphatic rings. The number of nitrogens with zero attached hydrogens (tertiary/aromatic N) is 1. The van der Waals surface area contributed by atoms with Crippen LogP contribution in [0.1, 0.15) is 22.3 Å². The maximum atomic E-state index is 6.91. The van der Waals surface area contributed by atoms with Gasteiger partial charge in [-0.05, 0) is 109 Å². The molecule has 0 aliphatic heterocycles. The zero-order valence-electron chi connectivity index (χ0n) is 35.5. The van der Waals surface area contributed by atoms with E-state index in [1.54, 1.807) is 0 Å². The second-order valence-electron chi connectivity index (χ2n) is 17.2. The summed E-state index contributed by atoms with van der Waals surface area (Å²) in [5.41, 5.74) is 16.4. The van der Waals surface area contributed by atoms with E-state index in [0.29, 0.717) is 0 Å². The van der Waals surface area contributed by atoms with Gasteiger partial charge in [0.2, 0.25) is 0 Å². The predicted molar refractivity (Wildman–Crippen MR) is 272 cm³/mol. The maximum absolute atomic E-state index is 6.91. The molecule has 0 unspecified atom stereocenters. The summed E-state index contributed by atoms with van der Waals surface area (Å²) in [4.78, 5) is 2.46. The van der Waals surface area contributed by atoms with Crippen molar-refractivity contribution >= 4 is 60.5 Å². The number of rotatable bonds is 7. The monoisotopic (exact) mass is 827 g/mol. The van der Waals surface area contributed by atoms with Crippen LogP contribution in [-0.4, -0.2) is 0 Å². The molecule has 1 aromatic heterocycles. The molecule has 304 valence electrons. The van der Waals surface area contributed by atoms with E-state index in [1.165, 1.54) is 60.5 Å². The second-order valence-corrected chi connectivity index (χ2v) is 17.2. The molecule has 0 fully saturated rings. The molecule has 2 nitrogen and oxygen atoms in total. The molecule has 1 aliphatic carbocycles. The number of anilines is 3. The number of benzene rings is 11. The molecule has 0 atom stereocenters. The number of fused-ring (bicyclic) bond motifs is 8. The minimum absolute atomic E-state index is 0.552. The van der Waals surface area contributed by atoms with E-state index in [4.69, 9.17) is 4.42 Å². The third-order valence-electron chi connectivity index (χ3n) is 13.7. The molecule has 0 radical (unpaired) electrons. The Bertz CT molecular complexity index is 3740. The van der Waals surface area contributed by atoms with Crippen LogP contribution in [-0.2, 0) is 5.41 Å². The number of hydrogen-bond acceptors (Lipinski definition) is 2. The van der Waals surface area contributed by atoms with Crippen molar-refractivity contribution in [3.63, 3.8) is 0 Å². The van der Waals surface area contributed by atoms with Gasteiger partial charge in [0.1, 0.15) is 11.2 Å². The standard InChI is InChI=1S/C63H41NO/c1-3-23-46(24-4-1)63(47-25-5-2-6-26-47)58-34-13-11-29-52(58)53-37-36-49(41-59(53)63)64(48-27-15-22-45(38-48)51-31-16-21-42-18-9-10-28-50(42)51)60-35-14-12-30-54(60)55-32-17-33-56-57-39-43-19-7-8-20-44(43)40-61(57)65-62(55)56/h1-41H. The van der Waals surface area contributed by atoms with Crippen molar-refractivity contribution in [3.05, 3.63) is 271 Å². The third-order valence-corrected chi connectivity index (χ3v) is 13.7. The third kappa shape index (κ3) is 5.74. The fourth-order valence-corrected chi connectivity index (χ4v) is 10.9. The van der Waals surface area contributed by atoms with E-state index in [-0.39, 0.29) is 0 Å². The van der Waals surface area contributed by atoms with Crippen LogP contribution in [0.5, 0.6) is 0 Å². The summed E-state index contributed by atoms with van der Waals surface area (Å²) in [7, 11) is 0. The molecule has 65 heavy (non-hydrogen) atoms. The lowest BCUT2D eigenvalue weighted by molar-refractivity contribution is 0.670. The number of furan rings is 1. The topological polar surface area (TPSA) is 16.4 Å². The van der Waals surface area contributed by atoms with E-state index in [2.05, 4.69) is 254 Å². The first-order chi connectivity index (χ1) is 32.2. The highest BCUT2D eigenvalue weighted by Crippen LogP contribution is 2.57. The zero-order valence-corrected chi connectivity index (χ0v) is 35.5. The van der Waals surface area contributed by atoms with Crippen molar-refractivity contribution < 1.29 is 4.42 Å². The summed E-state index contributed by atoms with van der Waals surface area (Å²) in [6, 6.07) is 90.9. The quantitative estimate of drug-likeness (QED) is 0.159. The van der Waals surface area contributed by atoms with Gasteiger partial charge in [0.15, 0.2) is 0 Å². The Morgan fingerprint density at radius 1 is 0.323 bits per heavy atom. The van der Waals surface area contributed by atoms with E-state index in [1.807, 2.05) is 0 Å². The molecule has 11 aromatic carbocycles. The van der Waals surface area contributed by atoms with Gasteiger partial charge in [-0.3, -0.25) is 0 Å². The lowest BCUT2D eigenvalue weighted by atomic mass is 9.67. The molecule has 0 amide bonds. The van der Waals surface area contributed by atoms with E-state index >= 15 is 0 Å². The Morgan fingerprint density at radius 2 is 0.892 bits per heavy atom. The van der Waals surface area contributed by atoms with Gasteiger partial charge in [-0.2, -0.15) is 0 Å². The summed E-state index contributed by atoms with van der Waals surface area (Å²) in [6.45, 7) is 0. The number of hydrogen-bond donors (Lipinski definition) is 0. The molecular weight excluding hydrogens is 787 g/mol. The van der Waals surface area contributed by atoms with Gasteiger partial charge in [0.25, 0.3) is 0 Å². The van der Waals surface area contributed by atoms with E-state index < -0.39 is 5.41 Å². The molecule has 0 bridgehead atoms. The van der Waals surface area contributed by atoms with Gasteiger partial charge in [-0.1, -0.05) is 206 Å². The summed E-state index contributed by atoms with van der Waals surface area (Å²) in [5.74, 6) is 0. The van der Waals surface area contributed by atoms with Crippen LogP contribution in [0.2, 0.25) is 0 Å². The summed E-state index contributed by atoms with van der Waals surface area (Å²) >= 11 is 0. The van der Waals surface area contributed by atoms with Crippen molar-refractivity contribution in [1.29, 1.82) is 0 Å². The highest BCUT2D eigenvalue weighted by molar-refractivity contribution is 6.14. The molecule has 13 rings (SSSR count). The van der Waals surface area contributed by atoms with Crippen molar-refractivity contribution in [2.75, 3.05) is 4.90 Å². The predicted octanol–water partition coefficient (Wildman–Crippen LogP) is 17.1. The smallest absolute Gasteiger partial charge is 0.143 e. The first-order valence-corrected chi connectivity index (χ1v) is 22.4. The summed E-state index contributed by atoms with van der Waals surface area (Å²) in [5, 5.41) is 7.04. The van der Waals surface area contributed by atoms with Crippen LogP contribution in [0.4, 0.5) is 17.1 Å². The average Bonchev–Trinajstić information content (AvgIpc) is 3.89. The van der Waals surface area contributed by atoms with Crippen molar-refractivity contribution in [3.8, 4) is 33.4 Å². The lowest BCUT2D eigenvalue weighted by Crippen LogP contribution is -2.28. The van der Waals surface area contributed by atoms with Gasteiger partial charge in [0.05, 0.1) is 11.1 Å². The Kier molecular flexibility index (Phi) is 8.47. The Morgan fingerprint density at radius 3 is 1.71 bits per heavy atom. The van der Waals surface area contributed by atoms with Crippen LogP contribution < -0.4 is 4.90 Å². The first kappa shape index (κ1) is 37.1. The van der Waals surface area contributed by atoms with Crippen LogP contribution in [0, 0.1) is 0 Å². The highest BCUT2D eigenvalue weighted by Gasteiger charge is 2.46. The van der Waals surface area contributed by atoms with Crippen LogP contribution >= 0.6 is 0 Å². The Hall–Kier alpha value is -8.46. The first-order valence-electron chi connectivity index (χ1n) is 22.4. The molecular formula is C63H41NO. The van der Waals surface area contributed by atoms with Gasteiger partial charge in [0, 0.05) is 33.3 Å². The van der Waals surface area contributed by atoms with Crippen LogP contribution in [0.25, 0.3) is 76.9 Å². The van der Waals surface area contributed by atoms with Gasteiger partial charge >= 0.3 is 0 Å². The zero-order chi connectivity index (χ0) is 42.9. The van der Waals surface area contributed by atoms with Crippen molar-refractivity contribution in [2.45, 2.75) is 5.41 Å². The lowest BCUT2D eigenvalue weighted by Gasteiger charge is -2.35. The highest BCUT2D eigenvalue weighted by atomic mass is 16.3. The average molecular weight is 828 g/mol. The van der Waals surface area contributed by atoms with E-state index in [0.717, 1.165) is 55.7 Å². The maximum Gasteiger partial charge on any atom is 0.143 e. The summed E-state index contributed by atoms with van der Waals surface area (Å²) in [6.07, 6.45) is 0. The Balaban J connectivity index is 1.08. The minimum atomic E-state index is -0.552. The molecule has 1 heterocycles.